The first kappa shape index (κ1) is 11.8. The van der Waals surface area contributed by atoms with E-state index in [-0.39, 0.29) is 17.0 Å². The van der Waals surface area contributed by atoms with Crippen molar-refractivity contribution in [3.63, 3.8) is 0 Å². The number of benzene rings is 1. The first-order chi connectivity index (χ1) is 7.63. The van der Waals surface area contributed by atoms with Crippen molar-refractivity contribution in [2.24, 2.45) is 5.16 Å². The van der Waals surface area contributed by atoms with Gasteiger partial charge in [0.2, 0.25) is 0 Å². The lowest BCUT2D eigenvalue weighted by molar-refractivity contribution is -0.385. The summed E-state index contributed by atoms with van der Waals surface area (Å²) in [7, 11) is 2.78. The maximum absolute atomic E-state index is 10.7. The fraction of sp³-hybridized carbons (Fsp3) is 0.222. The average Bonchev–Trinajstić information content (AvgIpc) is 2.28. The summed E-state index contributed by atoms with van der Waals surface area (Å²) in [5.41, 5.74) is -0.0967. The number of hydrogen-bond acceptors (Lipinski definition) is 6. The highest BCUT2D eigenvalue weighted by atomic mass is 16.6. The van der Waals surface area contributed by atoms with Crippen LogP contribution in [0.1, 0.15) is 5.56 Å². The summed E-state index contributed by atoms with van der Waals surface area (Å²) in [5, 5.41) is 21.9. The predicted molar refractivity (Wildman–Crippen MR) is 55.6 cm³/mol. The van der Waals surface area contributed by atoms with Crippen LogP contribution >= 0.6 is 0 Å². The summed E-state index contributed by atoms with van der Waals surface area (Å²) in [4.78, 5) is 10.1. The van der Waals surface area contributed by atoms with E-state index in [1.165, 1.54) is 26.4 Å². The zero-order valence-electron chi connectivity index (χ0n) is 8.71. The number of methoxy groups -OCH3 is 2. The van der Waals surface area contributed by atoms with Gasteiger partial charge < -0.3 is 14.7 Å². The predicted octanol–water partition coefficient (Wildman–Crippen LogP) is 1.42. The van der Waals surface area contributed by atoms with Gasteiger partial charge in [-0.05, 0) is 6.07 Å². The maximum atomic E-state index is 10.7. The number of nitrogens with zero attached hydrogens (tertiary/aromatic N) is 2. The molecular formula is C9H10N2O5. The van der Waals surface area contributed by atoms with E-state index < -0.39 is 4.92 Å². The molecule has 0 saturated heterocycles. The number of hydrogen-bond donors (Lipinski definition) is 1. The van der Waals surface area contributed by atoms with Crippen LogP contribution in [-0.4, -0.2) is 30.6 Å². The molecule has 0 radical (unpaired) electrons. The highest BCUT2D eigenvalue weighted by molar-refractivity contribution is 5.86. The number of rotatable bonds is 4. The molecule has 0 unspecified atom stereocenters. The van der Waals surface area contributed by atoms with E-state index in [1.54, 1.807) is 0 Å². The summed E-state index contributed by atoms with van der Waals surface area (Å²) in [6.07, 6.45) is 0.958. The van der Waals surface area contributed by atoms with Crippen LogP contribution in [0.2, 0.25) is 0 Å². The zero-order valence-corrected chi connectivity index (χ0v) is 8.71. The van der Waals surface area contributed by atoms with Crippen LogP contribution < -0.4 is 9.47 Å². The van der Waals surface area contributed by atoms with Gasteiger partial charge in [0.25, 0.3) is 5.69 Å². The number of nitro groups is 1. The van der Waals surface area contributed by atoms with Crippen molar-refractivity contribution in [3.05, 3.63) is 27.8 Å². The zero-order chi connectivity index (χ0) is 12.1. The lowest BCUT2D eigenvalue weighted by Gasteiger charge is -2.08. The molecule has 0 saturated carbocycles. The third-order valence-corrected chi connectivity index (χ3v) is 1.93. The van der Waals surface area contributed by atoms with Crippen molar-refractivity contribution in [1.29, 1.82) is 0 Å². The molecular weight excluding hydrogens is 216 g/mol. The number of nitro benzene ring substituents is 1. The van der Waals surface area contributed by atoms with Gasteiger partial charge >= 0.3 is 0 Å². The van der Waals surface area contributed by atoms with Gasteiger partial charge in [0.05, 0.1) is 37.0 Å². The molecule has 0 spiro atoms. The van der Waals surface area contributed by atoms with Gasteiger partial charge in [0.15, 0.2) is 11.5 Å². The number of oxime groups is 1. The molecule has 0 fully saturated rings. The van der Waals surface area contributed by atoms with Crippen LogP contribution in [0, 0.1) is 10.1 Å². The quantitative estimate of drug-likeness (QED) is 0.362. The molecule has 1 aromatic rings. The summed E-state index contributed by atoms with van der Waals surface area (Å²) in [5.74, 6) is 0.562. The van der Waals surface area contributed by atoms with Crippen molar-refractivity contribution in [1.82, 2.24) is 0 Å². The topological polar surface area (TPSA) is 94.2 Å². The standard InChI is InChI=1S/C9H10N2O5/c1-15-8-3-6(5-10-12)7(11(13)14)4-9(8)16-2/h3-5,12H,1-2H3/b10-5-. The molecule has 0 aliphatic heterocycles. The summed E-state index contributed by atoms with van der Waals surface area (Å²) >= 11 is 0. The smallest absolute Gasteiger partial charge is 0.282 e. The van der Waals surface area contributed by atoms with Crippen LogP contribution in [-0.2, 0) is 0 Å². The lowest BCUT2D eigenvalue weighted by Crippen LogP contribution is -1.98. The largest absolute Gasteiger partial charge is 0.493 e. The van der Waals surface area contributed by atoms with Crippen molar-refractivity contribution in [3.8, 4) is 11.5 Å². The molecule has 0 aromatic heterocycles. The number of ether oxygens (including phenoxy) is 2. The Bertz CT molecular complexity index is 430. The van der Waals surface area contributed by atoms with Crippen LogP contribution in [0.4, 0.5) is 5.69 Å². The second-order valence-electron chi connectivity index (χ2n) is 2.77. The van der Waals surface area contributed by atoms with E-state index in [2.05, 4.69) is 5.16 Å². The normalized spacial score (nSPS) is 10.4. The minimum Gasteiger partial charge on any atom is -0.493 e. The van der Waals surface area contributed by atoms with Gasteiger partial charge in [-0.25, -0.2) is 0 Å². The Balaban J connectivity index is 3.41. The van der Waals surface area contributed by atoms with Crippen molar-refractivity contribution < 1.29 is 19.6 Å². The van der Waals surface area contributed by atoms with Crippen LogP contribution in [0.15, 0.2) is 17.3 Å². The Morgan fingerprint density at radius 3 is 2.38 bits per heavy atom. The molecule has 0 aliphatic carbocycles. The monoisotopic (exact) mass is 226 g/mol. The molecule has 16 heavy (non-hydrogen) atoms. The van der Waals surface area contributed by atoms with Crippen LogP contribution in [0.5, 0.6) is 11.5 Å². The van der Waals surface area contributed by atoms with Crippen LogP contribution in [0.3, 0.4) is 0 Å². The second-order valence-corrected chi connectivity index (χ2v) is 2.77. The first-order valence-electron chi connectivity index (χ1n) is 4.22. The fourth-order valence-electron chi connectivity index (χ4n) is 1.21. The van der Waals surface area contributed by atoms with E-state index >= 15 is 0 Å². The minimum absolute atomic E-state index is 0.130. The fourth-order valence-corrected chi connectivity index (χ4v) is 1.21. The van der Waals surface area contributed by atoms with Crippen LogP contribution in [0.25, 0.3) is 0 Å². The molecule has 0 bridgehead atoms. The minimum atomic E-state index is -0.598. The Kier molecular flexibility index (Phi) is 3.65. The Morgan fingerprint density at radius 2 is 1.94 bits per heavy atom. The van der Waals surface area contributed by atoms with Gasteiger partial charge in [0.1, 0.15) is 0 Å². The summed E-state index contributed by atoms with van der Waals surface area (Å²) in [6, 6.07) is 2.56. The second kappa shape index (κ2) is 4.96. The Labute approximate surface area is 91.0 Å². The molecule has 1 rings (SSSR count). The average molecular weight is 226 g/mol. The third kappa shape index (κ3) is 2.19. The van der Waals surface area contributed by atoms with E-state index in [1.807, 2.05) is 0 Å². The Morgan fingerprint density at radius 1 is 1.38 bits per heavy atom. The van der Waals surface area contributed by atoms with E-state index in [0.29, 0.717) is 5.75 Å². The van der Waals surface area contributed by atoms with Gasteiger partial charge in [-0.15, -0.1) is 0 Å². The highest BCUT2D eigenvalue weighted by Gasteiger charge is 2.18. The Hall–Kier alpha value is -2.31. The summed E-state index contributed by atoms with van der Waals surface area (Å²) in [6.45, 7) is 0. The summed E-state index contributed by atoms with van der Waals surface area (Å²) < 4.78 is 9.89. The SMILES string of the molecule is COc1cc(/C=N\O)c([N+](=O)[O-])cc1OC. The molecule has 7 nitrogen and oxygen atoms in total. The van der Waals surface area contributed by atoms with Gasteiger partial charge in [-0.3, -0.25) is 10.1 Å². The van der Waals surface area contributed by atoms with Crippen molar-refractivity contribution in [2.45, 2.75) is 0 Å². The van der Waals surface area contributed by atoms with Gasteiger partial charge in [0, 0.05) is 0 Å². The van der Waals surface area contributed by atoms with E-state index in [4.69, 9.17) is 14.7 Å². The highest BCUT2D eigenvalue weighted by Crippen LogP contribution is 2.33. The van der Waals surface area contributed by atoms with Crippen molar-refractivity contribution >= 4 is 11.9 Å². The molecule has 0 aliphatic rings. The molecule has 7 heteroatoms. The molecule has 1 aromatic carbocycles. The molecule has 0 heterocycles. The van der Waals surface area contributed by atoms with E-state index in [9.17, 15) is 10.1 Å². The van der Waals surface area contributed by atoms with E-state index in [0.717, 1.165) is 6.21 Å². The van der Waals surface area contributed by atoms with Crippen molar-refractivity contribution in [2.75, 3.05) is 14.2 Å². The maximum Gasteiger partial charge on any atom is 0.282 e. The molecule has 0 atom stereocenters. The molecule has 86 valence electrons. The molecule has 0 amide bonds. The lowest BCUT2D eigenvalue weighted by atomic mass is 10.1. The van der Waals surface area contributed by atoms with Gasteiger partial charge in [-0.2, -0.15) is 0 Å². The third-order valence-electron chi connectivity index (χ3n) is 1.93. The molecule has 1 N–H and O–H groups in total. The first-order valence-corrected chi connectivity index (χ1v) is 4.22. The van der Waals surface area contributed by atoms with Gasteiger partial charge in [-0.1, -0.05) is 5.16 Å².